The second-order valence-corrected chi connectivity index (χ2v) is 4.29. The Balaban J connectivity index is 2.57. The summed E-state index contributed by atoms with van der Waals surface area (Å²) in [6.07, 6.45) is 1.50. The summed E-state index contributed by atoms with van der Waals surface area (Å²) in [7, 11) is 0. The van der Waals surface area contributed by atoms with Gasteiger partial charge in [0, 0.05) is 21.4 Å². The number of hydrogen-bond acceptors (Lipinski definition) is 4. The van der Waals surface area contributed by atoms with Gasteiger partial charge in [-0.3, -0.25) is 0 Å². The molecule has 2 heterocycles. The molecular weight excluding hydrogens is 194 g/mol. The first-order chi connectivity index (χ1) is 6.68. The van der Waals surface area contributed by atoms with Gasteiger partial charge in [-0.25, -0.2) is 9.97 Å². The van der Waals surface area contributed by atoms with Crippen LogP contribution in [0.3, 0.4) is 0 Å². The van der Waals surface area contributed by atoms with Crippen LogP contribution in [-0.4, -0.2) is 9.97 Å². The summed E-state index contributed by atoms with van der Waals surface area (Å²) in [4.78, 5) is 9.45. The Morgan fingerprint density at radius 2 is 2.07 bits per heavy atom. The molecule has 0 saturated carbocycles. The highest BCUT2D eigenvalue weighted by Gasteiger charge is 2.07. The number of aromatic nitrogens is 2. The zero-order chi connectivity index (χ0) is 10.1. The molecule has 72 valence electrons. The average molecular weight is 205 g/mol. The third-order valence-corrected chi connectivity index (χ3v) is 2.99. The fourth-order valence-corrected chi connectivity index (χ4v) is 2.01. The van der Waals surface area contributed by atoms with Crippen LogP contribution in [0.15, 0.2) is 17.8 Å². The number of thiophene rings is 1. The maximum Gasteiger partial charge on any atom is 0.130 e. The van der Waals surface area contributed by atoms with Gasteiger partial charge < -0.3 is 5.73 Å². The number of rotatable bonds is 1. The summed E-state index contributed by atoms with van der Waals surface area (Å²) >= 11 is 1.71. The van der Waals surface area contributed by atoms with Crippen molar-refractivity contribution in [3.63, 3.8) is 0 Å². The Kier molecular flexibility index (Phi) is 2.21. The van der Waals surface area contributed by atoms with Gasteiger partial charge in [-0.2, -0.15) is 0 Å². The quantitative estimate of drug-likeness (QED) is 0.777. The van der Waals surface area contributed by atoms with Gasteiger partial charge in [0.25, 0.3) is 0 Å². The summed E-state index contributed by atoms with van der Waals surface area (Å²) in [6.45, 7) is 4.02. The number of nitrogen functional groups attached to an aromatic ring is 1. The van der Waals surface area contributed by atoms with Gasteiger partial charge in [-0.15, -0.1) is 11.3 Å². The van der Waals surface area contributed by atoms with Crippen molar-refractivity contribution in [2.24, 2.45) is 0 Å². The van der Waals surface area contributed by atoms with E-state index in [0.29, 0.717) is 5.82 Å². The molecule has 0 amide bonds. The minimum Gasteiger partial charge on any atom is -0.383 e. The molecule has 0 aliphatic carbocycles. The Morgan fingerprint density at radius 3 is 2.71 bits per heavy atom. The van der Waals surface area contributed by atoms with E-state index >= 15 is 0 Å². The van der Waals surface area contributed by atoms with E-state index in [2.05, 4.69) is 28.3 Å². The molecule has 0 spiro atoms. The fourth-order valence-electron chi connectivity index (χ4n) is 1.32. The van der Waals surface area contributed by atoms with E-state index in [1.807, 2.05) is 6.92 Å². The normalized spacial score (nSPS) is 10.4. The van der Waals surface area contributed by atoms with Gasteiger partial charge in [0.05, 0.1) is 5.69 Å². The monoisotopic (exact) mass is 205 g/mol. The Bertz CT molecular complexity index is 462. The van der Waals surface area contributed by atoms with Crippen LogP contribution >= 0.6 is 11.3 Å². The predicted octanol–water partition coefficient (Wildman–Crippen LogP) is 2.40. The number of nitrogens with zero attached hydrogens (tertiary/aromatic N) is 2. The highest BCUT2D eigenvalue weighted by molar-refractivity contribution is 7.10. The summed E-state index contributed by atoms with van der Waals surface area (Å²) < 4.78 is 0. The highest BCUT2D eigenvalue weighted by Crippen LogP contribution is 2.27. The predicted molar refractivity (Wildman–Crippen MR) is 59.2 cm³/mol. The molecule has 2 aromatic rings. The maximum atomic E-state index is 5.72. The number of aryl methyl sites for hydroxylation is 1. The van der Waals surface area contributed by atoms with Crippen LogP contribution in [0, 0.1) is 13.8 Å². The molecule has 0 bridgehead atoms. The smallest absolute Gasteiger partial charge is 0.130 e. The number of hydrogen-bond donors (Lipinski definition) is 1. The zero-order valence-corrected chi connectivity index (χ0v) is 8.93. The highest BCUT2D eigenvalue weighted by atomic mass is 32.1. The lowest BCUT2D eigenvalue weighted by Crippen LogP contribution is -1.97. The summed E-state index contributed by atoms with van der Waals surface area (Å²) in [5, 5.41) is 2.09. The largest absolute Gasteiger partial charge is 0.383 e. The lowest BCUT2D eigenvalue weighted by Gasteiger charge is -2.03. The van der Waals surface area contributed by atoms with E-state index in [1.54, 1.807) is 11.3 Å². The van der Waals surface area contributed by atoms with Crippen molar-refractivity contribution in [2.75, 3.05) is 5.73 Å². The molecule has 2 rings (SSSR count). The third-order valence-electron chi connectivity index (χ3n) is 2.13. The molecule has 0 unspecified atom stereocenters. The topological polar surface area (TPSA) is 51.8 Å². The van der Waals surface area contributed by atoms with Gasteiger partial charge in [0.2, 0.25) is 0 Å². The molecule has 0 saturated heterocycles. The lowest BCUT2D eigenvalue weighted by atomic mass is 10.1. The Morgan fingerprint density at radius 1 is 1.29 bits per heavy atom. The van der Waals surface area contributed by atoms with Gasteiger partial charge >= 0.3 is 0 Å². The van der Waals surface area contributed by atoms with Crippen LogP contribution in [0.25, 0.3) is 11.3 Å². The van der Waals surface area contributed by atoms with E-state index in [9.17, 15) is 0 Å². The van der Waals surface area contributed by atoms with Gasteiger partial charge in [0.1, 0.15) is 12.1 Å². The van der Waals surface area contributed by atoms with Crippen molar-refractivity contribution in [3.05, 3.63) is 28.2 Å². The van der Waals surface area contributed by atoms with Gasteiger partial charge in [0.15, 0.2) is 0 Å². The molecule has 2 N–H and O–H groups in total. The second kappa shape index (κ2) is 3.38. The molecule has 0 radical (unpaired) electrons. The van der Waals surface area contributed by atoms with E-state index in [0.717, 1.165) is 16.8 Å². The summed E-state index contributed by atoms with van der Waals surface area (Å²) in [6, 6.07) is 2.11. The van der Waals surface area contributed by atoms with Crippen molar-refractivity contribution >= 4 is 17.2 Å². The van der Waals surface area contributed by atoms with Crippen molar-refractivity contribution < 1.29 is 0 Å². The minimum atomic E-state index is 0.554. The van der Waals surface area contributed by atoms with Crippen molar-refractivity contribution in [1.82, 2.24) is 9.97 Å². The molecule has 0 aliphatic heterocycles. The first-order valence-electron chi connectivity index (χ1n) is 4.31. The summed E-state index contributed by atoms with van der Waals surface area (Å²) in [5.41, 5.74) is 8.72. The number of anilines is 1. The van der Waals surface area contributed by atoms with E-state index < -0.39 is 0 Å². The van der Waals surface area contributed by atoms with Crippen molar-refractivity contribution in [2.45, 2.75) is 13.8 Å². The van der Waals surface area contributed by atoms with Gasteiger partial charge in [-0.05, 0) is 19.9 Å². The molecule has 14 heavy (non-hydrogen) atoms. The SMILES string of the molecule is Cc1cc(-c2ncnc(N)c2C)cs1. The molecule has 0 aliphatic rings. The number of nitrogens with two attached hydrogens (primary N) is 1. The molecule has 3 nitrogen and oxygen atoms in total. The first-order valence-corrected chi connectivity index (χ1v) is 5.19. The molecule has 0 aromatic carbocycles. The van der Waals surface area contributed by atoms with Crippen molar-refractivity contribution in [3.8, 4) is 11.3 Å². The minimum absolute atomic E-state index is 0.554. The second-order valence-electron chi connectivity index (χ2n) is 3.18. The molecule has 0 fully saturated rings. The molecule has 0 atom stereocenters. The van der Waals surface area contributed by atoms with E-state index in [1.165, 1.54) is 11.2 Å². The Labute approximate surface area is 86.6 Å². The van der Waals surface area contributed by atoms with E-state index in [-0.39, 0.29) is 0 Å². The van der Waals surface area contributed by atoms with Crippen molar-refractivity contribution in [1.29, 1.82) is 0 Å². The zero-order valence-electron chi connectivity index (χ0n) is 8.11. The average Bonchev–Trinajstić information content (AvgIpc) is 2.57. The molecule has 2 aromatic heterocycles. The van der Waals surface area contributed by atoms with Crippen LogP contribution < -0.4 is 5.73 Å². The lowest BCUT2D eigenvalue weighted by molar-refractivity contribution is 1.15. The standard InChI is InChI=1S/C10H11N3S/c1-6-3-8(4-14-6)9-7(2)10(11)13-5-12-9/h3-5H,1-2H3,(H2,11,12,13). The Hall–Kier alpha value is -1.42. The van der Waals surface area contributed by atoms with Crippen LogP contribution in [0.2, 0.25) is 0 Å². The van der Waals surface area contributed by atoms with E-state index in [4.69, 9.17) is 5.73 Å². The summed E-state index contributed by atoms with van der Waals surface area (Å²) in [5.74, 6) is 0.554. The van der Waals surface area contributed by atoms with Crippen LogP contribution in [0.4, 0.5) is 5.82 Å². The van der Waals surface area contributed by atoms with Crippen LogP contribution in [0.1, 0.15) is 10.4 Å². The maximum absolute atomic E-state index is 5.72. The molecular formula is C10H11N3S. The third kappa shape index (κ3) is 1.48. The fraction of sp³-hybridized carbons (Fsp3) is 0.200. The van der Waals surface area contributed by atoms with Gasteiger partial charge in [-0.1, -0.05) is 0 Å². The van der Waals surface area contributed by atoms with Crippen LogP contribution in [0.5, 0.6) is 0 Å². The van der Waals surface area contributed by atoms with Crippen LogP contribution in [-0.2, 0) is 0 Å². The first kappa shape index (κ1) is 9.15. The molecule has 4 heteroatoms.